The Morgan fingerprint density at radius 3 is 2.33 bits per heavy atom. The van der Waals surface area contributed by atoms with Gasteiger partial charge in [-0.05, 0) is 18.9 Å². The van der Waals surface area contributed by atoms with Gasteiger partial charge in [-0.25, -0.2) is 14.8 Å². The molecule has 1 aliphatic rings. The van der Waals surface area contributed by atoms with Gasteiger partial charge in [-0.3, -0.25) is 0 Å². The lowest BCUT2D eigenvalue weighted by Gasteiger charge is -2.36. The molecular formula is C15H25N5O. The fraction of sp³-hybridized carbons (Fsp3) is 0.667. The molecule has 2 rings (SSSR count). The van der Waals surface area contributed by atoms with Gasteiger partial charge in [0.05, 0.1) is 0 Å². The van der Waals surface area contributed by atoms with E-state index in [1.165, 1.54) is 0 Å². The van der Waals surface area contributed by atoms with Gasteiger partial charge < -0.3 is 14.7 Å². The average Bonchev–Trinajstić information content (AvgIpc) is 2.45. The van der Waals surface area contributed by atoms with Gasteiger partial charge in [0.1, 0.15) is 0 Å². The number of hydrogen-bond donors (Lipinski definition) is 0. The Balaban J connectivity index is 2.07. The Morgan fingerprint density at radius 2 is 1.81 bits per heavy atom. The van der Waals surface area contributed by atoms with Crippen molar-refractivity contribution in [3.05, 3.63) is 17.5 Å². The highest BCUT2D eigenvalue weighted by Gasteiger charge is 2.24. The van der Waals surface area contributed by atoms with Crippen molar-refractivity contribution in [2.45, 2.75) is 26.7 Å². The molecule has 6 nitrogen and oxygen atoms in total. The van der Waals surface area contributed by atoms with Crippen molar-refractivity contribution in [3.8, 4) is 0 Å². The van der Waals surface area contributed by atoms with Crippen LogP contribution in [0, 0.1) is 6.92 Å². The van der Waals surface area contributed by atoms with Crippen molar-refractivity contribution in [3.63, 3.8) is 0 Å². The van der Waals surface area contributed by atoms with Crippen molar-refractivity contribution < 1.29 is 4.79 Å². The minimum Gasteiger partial charge on any atom is -0.337 e. The smallest absolute Gasteiger partial charge is 0.319 e. The summed E-state index contributed by atoms with van der Waals surface area (Å²) < 4.78 is 0. The third-order valence-electron chi connectivity index (χ3n) is 3.67. The molecule has 1 aromatic rings. The number of aromatic nitrogens is 2. The number of anilines is 1. The molecule has 0 N–H and O–H groups in total. The van der Waals surface area contributed by atoms with Crippen molar-refractivity contribution in [2.75, 3.05) is 45.2 Å². The van der Waals surface area contributed by atoms with E-state index in [0.29, 0.717) is 19.0 Å². The van der Waals surface area contributed by atoms with Gasteiger partial charge in [0.25, 0.3) is 0 Å². The summed E-state index contributed by atoms with van der Waals surface area (Å²) in [6.07, 6.45) is 0. The fourth-order valence-corrected chi connectivity index (χ4v) is 2.39. The molecule has 1 fully saturated rings. The van der Waals surface area contributed by atoms with Gasteiger partial charge in [-0.2, -0.15) is 0 Å². The maximum Gasteiger partial charge on any atom is 0.319 e. The third-order valence-corrected chi connectivity index (χ3v) is 3.67. The average molecular weight is 291 g/mol. The van der Waals surface area contributed by atoms with E-state index in [0.717, 1.165) is 30.4 Å². The molecule has 2 heterocycles. The Labute approximate surface area is 126 Å². The molecule has 0 bridgehead atoms. The van der Waals surface area contributed by atoms with Gasteiger partial charge in [-0.15, -0.1) is 0 Å². The summed E-state index contributed by atoms with van der Waals surface area (Å²) in [5.41, 5.74) is 2.07. The van der Waals surface area contributed by atoms with Crippen molar-refractivity contribution in [1.29, 1.82) is 0 Å². The Morgan fingerprint density at radius 1 is 1.19 bits per heavy atom. The first-order valence-electron chi connectivity index (χ1n) is 7.45. The molecule has 0 atom stereocenters. The highest BCUT2D eigenvalue weighted by atomic mass is 16.2. The third kappa shape index (κ3) is 3.62. The summed E-state index contributed by atoms with van der Waals surface area (Å²) in [6, 6.07) is 2.11. The lowest BCUT2D eigenvalue weighted by atomic mass is 10.1. The second-order valence-corrected chi connectivity index (χ2v) is 6.04. The van der Waals surface area contributed by atoms with Crippen LogP contribution < -0.4 is 4.90 Å². The minimum absolute atomic E-state index is 0.0719. The number of amides is 2. The predicted octanol–water partition coefficient (Wildman–Crippen LogP) is 1.71. The number of aryl methyl sites for hydroxylation is 1. The second kappa shape index (κ2) is 6.28. The summed E-state index contributed by atoms with van der Waals surface area (Å²) in [5, 5.41) is 0. The van der Waals surface area contributed by atoms with Crippen LogP contribution in [-0.4, -0.2) is 66.1 Å². The Bertz CT molecular complexity index is 507. The summed E-state index contributed by atoms with van der Waals surface area (Å²) in [7, 11) is 3.57. The first-order valence-corrected chi connectivity index (χ1v) is 7.45. The van der Waals surface area contributed by atoms with E-state index in [2.05, 4.69) is 28.7 Å². The van der Waals surface area contributed by atoms with E-state index in [1.54, 1.807) is 19.0 Å². The molecule has 0 radical (unpaired) electrons. The highest BCUT2D eigenvalue weighted by Crippen LogP contribution is 2.18. The van der Waals surface area contributed by atoms with E-state index in [4.69, 9.17) is 0 Å². The van der Waals surface area contributed by atoms with Gasteiger partial charge >= 0.3 is 6.03 Å². The first-order chi connectivity index (χ1) is 9.88. The van der Waals surface area contributed by atoms with Gasteiger partial charge in [0.2, 0.25) is 5.95 Å². The van der Waals surface area contributed by atoms with Gasteiger partial charge in [0, 0.05) is 51.7 Å². The number of rotatable bonds is 2. The number of hydrogen-bond acceptors (Lipinski definition) is 4. The van der Waals surface area contributed by atoms with Crippen LogP contribution >= 0.6 is 0 Å². The monoisotopic (exact) mass is 291 g/mol. The van der Waals surface area contributed by atoms with E-state index < -0.39 is 0 Å². The molecule has 0 aromatic carbocycles. The van der Waals surface area contributed by atoms with Crippen LogP contribution in [0.15, 0.2) is 6.07 Å². The summed E-state index contributed by atoms with van der Waals surface area (Å²) in [6.45, 7) is 9.26. The van der Waals surface area contributed by atoms with E-state index >= 15 is 0 Å². The van der Waals surface area contributed by atoms with Crippen LogP contribution in [0.2, 0.25) is 0 Å². The predicted molar refractivity (Wildman–Crippen MR) is 83.7 cm³/mol. The van der Waals surface area contributed by atoms with Gasteiger partial charge in [-0.1, -0.05) is 13.8 Å². The van der Waals surface area contributed by atoms with Crippen molar-refractivity contribution in [1.82, 2.24) is 19.8 Å². The zero-order valence-electron chi connectivity index (χ0n) is 13.6. The second-order valence-electron chi connectivity index (χ2n) is 6.04. The zero-order chi connectivity index (χ0) is 15.6. The Kier molecular flexibility index (Phi) is 4.65. The SMILES string of the molecule is Cc1cc(C(C)C)nc(N2CCN(C(=O)N(C)C)CC2)n1. The van der Waals surface area contributed by atoms with Crippen LogP contribution in [-0.2, 0) is 0 Å². The van der Waals surface area contributed by atoms with E-state index in [-0.39, 0.29) is 6.03 Å². The van der Waals surface area contributed by atoms with E-state index in [1.807, 2.05) is 17.9 Å². The molecule has 0 spiro atoms. The lowest BCUT2D eigenvalue weighted by molar-refractivity contribution is 0.167. The minimum atomic E-state index is 0.0719. The fourth-order valence-electron chi connectivity index (χ4n) is 2.39. The number of nitrogens with zero attached hydrogens (tertiary/aromatic N) is 5. The molecular weight excluding hydrogens is 266 g/mol. The standard InChI is InChI=1S/C15H25N5O/c1-11(2)13-10-12(3)16-14(17-13)19-6-8-20(9-7-19)15(21)18(4)5/h10-11H,6-9H2,1-5H3. The van der Waals surface area contributed by atoms with E-state index in [9.17, 15) is 4.79 Å². The Hall–Kier alpha value is -1.85. The number of carbonyl (C=O) groups is 1. The number of carbonyl (C=O) groups excluding carboxylic acids is 1. The molecule has 0 unspecified atom stereocenters. The topological polar surface area (TPSA) is 52.6 Å². The molecule has 21 heavy (non-hydrogen) atoms. The van der Waals surface area contributed by atoms with Gasteiger partial charge in [0.15, 0.2) is 0 Å². The molecule has 1 aromatic heterocycles. The van der Waals surface area contributed by atoms with Crippen LogP contribution in [0.4, 0.5) is 10.7 Å². The molecule has 2 amide bonds. The van der Waals surface area contributed by atoms with Crippen molar-refractivity contribution in [2.24, 2.45) is 0 Å². The first kappa shape index (κ1) is 15.5. The largest absolute Gasteiger partial charge is 0.337 e. The van der Waals surface area contributed by atoms with Crippen LogP contribution in [0.3, 0.4) is 0 Å². The number of urea groups is 1. The van der Waals surface area contributed by atoms with Crippen LogP contribution in [0.25, 0.3) is 0 Å². The maximum atomic E-state index is 11.9. The van der Waals surface area contributed by atoms with Crippen LogP contribution in [0.5, 0.6) is 0 Å². The molecule has 1 saturated heterocycles. The lowest BCUT2D eigenvalue weighted by Crippen LogP contribution is -2.52. The molecule has 0 aliphatic carbocycles. The highest BCUT2D eigenvalue weighted by molar-refractivity contribution is 5.74. The summed E-state index contributed by atoms with van der Waals surface area (Å²) in [5.74, 6) is 1.18. The molecule has 1 aliphatic heterocycles. The summed E-state index contributed by atoms with van der Waals surface area (Å²) in [4.78, 5) is 26.8. The molecule has 6 heteroatoms. The quantitative estimate of drug-likeness (QED) is 0.832. The number of piperazine rings is 1. The maximum absolute atomic E-state index is 11.9. The molecule has 116 valence electrons. The normalized spacial score (nSPS) is 15.5. The zero-order valence-corrected chi connectivity index (χ0v) is 13.6. The molecule has 0 saturated carbocycles. The summed E-state index contributed by atoms with van der Waals surface area (Å²) >= 11 is 0. The van der Waals surface area contributed by atoms with Crippen LogP contribution in [0.1, 0.15) is 31.2 Å². The van der Waals surface area contributed by atoms with Crippen molar-refractivity contribution >= 4 is 12.0 Å².